The fourth-order valence-corrected chi connectivity index (χ4v) is 4.25. The summed E-state index contributed by atoms with van der Waals surface area (Å²) < 4.78 is 26.7. The third kappa shape index (κ3) is 2.95. The molecule has 0 saturated heterocycles. The summed E-state index contributed by atoms with van der Waals surface area (Å²) in [5.74, 6) is 0.410. The van der Waals surface area contributed by atoms with E-state index in [2.05, 4.69) is 4.40 Å². The van der Waals surface area contributed by atoms with Crippen LogP contribution in [0.1, 0.15) is 32.6 Å². The molecule has 2 heterocycles. The Labute approximate surface area is 131 Å². The van der Waals surface area contributed by atoms with Crippen molar-refractivity contribution in [3.8, 4) is 0 Å². The van der Waals surface area contributed by atoms with Crippen molar-refractivity contribution in [2.24, 2.45) is 4.40 Å². The van der Waals surface area contributed by atoms with Crippen LogP contribution in [0.4, 0.5) is 0 Å². The zero-order valence-corrected chi connectivity index (χ0v) is 13.6. The lowest BCUT2D eigenvalue weighted by Gasteiger charge is -2.31. The molecule has 0 aromatic carbocycles. The molecular weight excluding hydrogens is 302 g/mol. The summed E-state index contributed by atoms with van der Waals surface area (Å²) in [5.41, 5.74) is 0.604. The number of carbonyl (C=O) groups excluding carboxylic acids is 1. The van der Waals surface area contributed by atoms with Crippen LogP contribution in [-0.2, 0) is 14.8 Å². The van der Waals surface area contributed by atoms with Gasteiger partial charge in [0.15, 0.2) is 0 Å². The minimum atomic E-state index is -3.35. The highest BCUT2D eigenvalue weighted by molar-refractivity contribution is 7.90. The Morgan fingerprint density at radius 3 is 2.77 bits per heavy atom. The first-order valence-corrected chi connectivity index (χ1v) is 9.41. The molecule has 1 aliphatic carbocycles. The van der Waals surface area contributed by atoms with Gasteiger partial charge in [-0.2, -0.15) is 0 Å². The molecule has 120 valence electrons. The van der Waals surface area contributed by atoms with Gasteiger partial charge in [0.1, 0.15) is 5.84 Å². The van der Waals surface area contributed by atoms with E-state index in [9.17, 15) is 13.2 Å². The van der Waals surface area contributed by atoms with Gasteiger partial charge < -0.3 is 9.80 Å². The first-order chi connectivity index (χ1) is 10.5. The van der Waals surface area contributed by atoms with Crippen LogP contribution in [0.5, 0.6) is 0 Å². The molecule has 2 aliphatic heterocycles. The summed E-state index contributed by atoms with van der Waals surface area (Å²) in [6.07, 6.45) is 9.54. The number of carbonyl (C=O) groups is 1. The molecule has 0 radical (unpaired) electrons. The SMILES string of the molecule is CCN(C(=O)C1=CN2CCS(=O)(=O)N=C2C=C1)C1CCCC1. The standard InChI is InChI=1S/C15H21N3O3S/c1-2-18(13-5-3-4-6-13)15(19)12-7-8-14-16-22(20,21)10-9-17(14)11-12/h7-8,11,13H,2-6,9-10H2,1H3. The van der Waals surface area contributed by atoms with Crippen LogP contribution in [0.3, 0.4) is 0 Å². The van der Waals surface area contributed by atoms with Crippen molar-refractivity contribution in [1.29, 1.82) is 0 Å². The molecule has 0 unspecified atom stereocenters. The van der Waals surface area contributed by atoms with Gasteiger partial charge in [0.2, 0.25) is 0 Å². The van der Waals surface area contributed by atoms with Crippen LogP contribution >= 0.6 is 0 Å². The monoisotopic (exact) mass is 323 g/mol. The summed E-state index contributed by atoms with van der Waals surface area (Å²) in [4.78, 5) is 16.4. The number of hydrogen-bond acceptors (Lipinski definition) is 4. The number of fused-ring (bicyclic) bond motifs is 1. The number of amides is 1. The topological polar surface area (TPSA) is 70.1 Å². The van der Waals surface area contributed by atoms with E-state index in [1.54, 1.807) is 23.3 Å². The fourth-order valence-electron chi connectivity index (χ4n) is 3.28. The van der Waals surface area contributed by atoms with Crippen LogP contribution < -0.4 is 0 Å². The maximum Gasteiger partial charge on any atom is 0.256 e. The van der Waals surface area contributed by atoms with E-state index < -0.39 is 10.0 Å². The number of sulfonamides is 1. The summed E-state index contributed by atoms with van der Waals surface area (Å²) >= 11 is 0. The first kappa shape index (κ1) is 15.3. The van der Waals surface area contributed by atoms with Gasteiger partial charge in [-0.15, -0.1) is 4.40 Å². The Bertz CT molecular complexity index is 658. The van der Waals surface area contributed by atoms with Gasteiger partial charge in [0, 0.05) is 25.3 Å². The van der Waals surface area contributed by atoms with Gasteiger partial charge in [0.05, 0.1) is 11.3 Å². The molecule has 6 nitrogen and oxygen atoms in total. The van der Waals surface area contributed by atoms with Gasteiger partial charge in [-0.05, 0) is 31.9 Å². The number of rotatable bonds is 3. The van der Waals surface area contributed by atoms with Crippen molar-refractivity contribution in [1.82, 2.24) is 9.80 Å². The lowest BCUT2D eigenvalue weighted by molar-refractivity contribution is -0.128. The lowest BCUT2D eigenvalue weighted by atomic mass is 10.1. The second kappa shape index (κ2) is 5.87. The van der Waals surface area contributed by atoms with Crippen molar-refractivity contribution in [2.75, 3.05) is 18.8 Å². The van der Waals surface area contributed by atoms with Crippen molar-refractivity contribution >= 4 is 21.8 Å². The van der Waals surface area contributed by atoms with E-state index in [1.807, 2.05) is 11.8 Å². The highest BCUT2D eigenvalue weighted by atomic mass is 32.2. The average molecular weight is 323 g/mol. The Balaban J connectivity index is 1.80. The zero-order valence-electron chi connectivity index (χ0n) is 12.7. The smallest absolute Gasteiger partial charge is 0.256 e. The Hall–Kier alpha value is -1.63. The van der Waals surface area contributed by atoms with E-state index in [-0.39, 0.29) is 11.7 Å². The largest absolute Gasteiger partial charge is 0.336 e. The highest BCUT2D eigenvalue weighted by Crippen LogP contribution is 2.26. The van der Waals surface area contributed by atoms with Gasteiger partial charge in [0.25, 0.3) is 15.9 Å². The van der Waals surface area contributed by atoms with Crippen molar-refractivity contribution in [3.05, 3.63) is 23.9 Å². The van der Waals surface area contributed by atoms with Crippen molar-refractivity contribution in [3.63, 3.8) is 0 Å². The maximum absolute atomic E-state index is 12.7. The van der Waals surface area contributed by atoms with E-state index in [4.69, 9.17) is 0 Å². The molecule has 22 heavy (non-hydrogen) atoms. The summed E-state index contributed by atoms with van der Waals surface area (Å²) in [6, 6.07) is 0.337. The van der Waals surface area contributed by atoms with Gasteiger partial charge in [-0.1, -0.05) is 12.8 Å². The average Bonchev–Trinajstić information content (AvgIpc) is 3.00. The predicted molar refractivity (Wildman–Crippen MR) is 84.8 cm³/mol. The maximum atomic E-state index is 12.7. The summed E-state index contributed by atoms with van der Waals surface area (Å²) in [5, 5.41) is 0. The van der Waals surface area contributed by atoms with Crippen LogP contribution in [-0.4, -0.2) is 54.8 Å². The van der Waals surface area contributed by atoms with Crippen LogP contribution in [0.25, 0.3) is 0 Å². The molecule has 0 atom stereocenters. The number of hydrogen-bond donors (Lipinski definition) is 0. The van der Waals surface area contributed by atoms with Crippen LogP contribution in [0.15, 0.2) is 28.3 Å². The second-order valence-electron chi connectivity index (χ2n) is 5.88. The van der Waals surface area contributed by atoms with Crippen LogP contribution in [0, 0.1) is 0 Å². The van der Waals surface area contributed by atoms with E-state index in [0.717, 1.165) is 12.8 Å². The predicted octanol–water partition coefficient (Wildman–Crippen LogP) is 1.28. The molecule has 0 N–H and O–H groups in total. The summed E-state index contributed by atoms with van der Waals surface area (Å²) in [6.45, 7) is 3.05. The number of likely N-dealkylation sites (N-methyl/N-ethyl adjacent to an activating group) is 1. The molecule has 1 saturated carbocycles. The molecule has 1 amide bonds. The lowest BCUT2D eigenvalue weighted by Crippen LogP contribution is -2.42. The van der Waals surface area contributed by atoms with Gasteiger partial charge in [-0.3, -0.25) is 4.79 Å². The number of amidine groups is 1. The molecule has 0 aromatic rings. The van der Waals surface area contributed by atoms with E-state index in [1.165, 1.54) is 12.8 Å². The minimum Gasteiger partial charge on any atom is -0.336 e. The Morgan fingerprint density at radius 1 is 1.36 bits per heavy atom. The molecule has 0 aromatic heterocycles. The van der Waals surface area contributed by atoms with E-state index in [0.29, 0.717) is 30.5 Å². The third-order valence-corrected chi connectivity index (χ3v) is 5.60. The third-order valence-electron chi connectivity index (χ3n) is 4.44. The second-order valence-corrected chi connectivity index (χ2v) is 7.63. The van der Waals surface area contributed by atoms with Gasteiger partial charge >= 0.3 is 0 Å². The Kier molecular flexibility index (Phi) is 4.08. The molecule has 3 rings (SSSR count). The fraction of sp³-hybridized carbons (Fsp3) is 0.600. The first-order valence-electron chi connectivity index (χ1n) is 7.80. The molecular formula is C15H21N3O3S. The molecule has 3 aliphatic rings. The molecule has 0 spiro atoms. The minimum absolute atomic E-state index is 0.0115. The molecule has 7 heteroatoms. The van der Waals surface area contributed by atoms with E-state index >= 15 is 0 Å². The normalized spacial score (nSPS) is 23.8. The van der Waals surface area contributed by atoms with Crippen molar-refractivity contribution in [2.45, 2.75) is 38.6 Å². The summed E-state index contributed by atoms with van der Waals surface area (Å²) in [7, 11) is -3.35. The van der Waals surface area contributed by atoms with Crippen molar-refractivity contribution < 1.29 is 13.2 Å². The highest BCUT2D eigenvalue weighted by Gasteiger charge is 2.29. The Morgan fingerprint density at radius 2 is 2.09 bits per heavy atom. The van der Waals surface area contributed by atoms with Gasteiger partial charge in [-0.25, -0.2) is 8.42 Å². The number of nitrogens with zero attached hydrogens (tertiary/aromatic N) is 3. The quantitative estimate of drug-likeness (QED) is 0.784. The zero-order chi connectivity index (χ0) is 15.7. The van der Waals surface area contributed by atoms with Crippen LogP contribution in [0.2, 0.25) is 0 Å². The molecule has 0 bridgehead atoms. The molecule has 1 fully saturated rings.